The standard InChI is InChI=1S/C14H20N2O/c1-16(2)13-5-3-11(4-6-13)14(9-17-10-14)12-7-15-8-12/h3-6,12,15H,7-10H2,1-2H3. The molecule has 0 atom stereocenters. The van der Waals surface area contributed by atoms with Crippen molar-refractivity contribution in [3.63, 3.8) is 0 Å². The first-order valence-electron chi connectivity index (χ1n) is 6.29. The molecular weight excluding hydrogens is 212 g/mol. The van der Waals surface area contributed by atoms with Crippen molar-refractivity contribution >= 4 is 5.69 Å². The molecule has 0 amide bonds. The zero-order valence-electron chi connectivity index (χ0n) is 10.6. The molecule has 3 heteroatoms. The number of benzene rings is 1. The van der Waals surface area contributed by atoms with Crippen LogP contribution < -0.4 is 10.2 Å². The van der Waals surface area contributed by atoms with E-state index >= 15 is 0 Å². The Balaban J connectivity index is 1.86. The second-order valence-electron chi connectivity index (χ2n) is 5.45. The van der Waals surface area contributed by atoms with E-state index in [1.807, 2.05) is 0 Å². The summed E-state index contributed by atoms with van der Waals surface area (Å²) in [6.07, 6.45) is 0. The third-order valence-electron chi connectivity index (χ3n) is 4.24. The number of nitrogens with one attached hydrogen (secondary N) is 1. The monoisotopic (exact) mass is 232 g/mol. The molecule has 2 heterocycles. The minimum Gasteiger partial charge on any atom is -0.379 e. The SMILES string of the molecule is CN(C)c1ccc(C2(C3CNC3)COC2)cc1. The molecule has 0 aromatic heterocycles. The van der Waals surface area contributed by atoms with Crippen LogP contribution in [0, 0.1) is 5.92 Å². The van der Waals surface area contributed by atoms with Crippen molar-refractivity contribution < 1.29 is 4.74 Å². The molecule has 0 unspecified atom stereocenters. The van der Waals surface area contributed by atoms with Gasteiger partial charge in [0.25, 0.3) is 0 Å². The molecule has 1 N–H and O–H groups in total. The Bertz CT molecular complexity index is 391. The summed E-state index contributed by atoms with van der Waals surface area (Å²) in [7, 11) is 4.15. The molecule has 2 fully saturated rings. The predicted molar refractivity (Wildman–Crippen MR) is 69.6 cm³/mol. The van der Waals surface area contributed by atoms with Crippen LogP contribution in [0.1, 0.15) is 5.56 Å². The van der Waals surface area contributed by atoms with Crippen LogP contribution in [0.5, 0.6) is 0 Å². The van der Waals surface area contributed by atoms with Crippen LogP contribution in [-0.4, -0.2) is 40.4 Å². The van der Waals surface area contributed by atoms with Gasteiger partial charge in [-0.3, -0.25) is 0 Å². The summed E-state index contributed by atoms with van der Waals surface area (Å²) in [6.45, 7) is 4.05. The van der Waals surface area contributed by atoms with Crippen molar-refractivity contribution in [1.82, 2.24) is 5.32 Å². The first kappa shape index (κ1) is 11.1. The molecule has 2 aliphatic heterocycles. The molecule has 17 heavy (non-hydrogen) atoms. The van der Waals surface area contributed by atoms with E-state index in [0.717, 1.165) is 32.2 Å². The number of hydrogen-bond donors (Lipinski definition) is 1. The fourth-order valence-corrected chi connectivity index (χ4v) is 2.73. The van der Waals surface area contributed by atoms with E-state index in [0.29, 0.717) is 0 Å². The highest BCUT2D eigenvalue weighted by Gasteiger charge is 2.49. The Kier molecular flexibility index (Phi) is 2.60. The van der Waals surface area contributed by atoms with Crippen LogP contribution in [0.25, 0.3) is 0 Å². The van der Waals surface area contributed by atoms with Gasteiger partial charge in [-0.25, -0.2) is 0 Å². The lowest BCUT2D eigenvalue weighted by molar-refractivity contribution is -0.101. The predicted octanol–water partition coefficient (Wildman–Crippen LogP) is 1.24. The highest BCUT2D eigenvalue weighted by molar-refractivity contribution is 5.48. The summed E-state index contributed by atoms with van der Waals surface area (Å²) < 4.78 is 5.49. The molecule has 92 valence electrons. The van der Waals surface area contributed by atoms with Gasteiger partial charge in [0.1, 0.15) is 0 Å². The lowest BCUT2D eigenvalue weighted by Crippen LogP contribution is -2.62. The van der Waals surface area contributed by atoms with E-state index in [1.54, 1.807) is 0 Å². The Morgan fingerprint density at radius 2 is 1.82 bits per heavy atom. The van der Waals surface area contributed by atoms with Crippen molar-refractivity contribution in [2.24, 2.45) is 5.92 Å². The van der Waals surface area contributed by atoms with Crippen molar-refractivity contribution in [3.8, 4) is 0 Å². The first-order valence-corrected chi connectivity index (χ1v) is 6.29. The van der Waals surface area contributed by atoms with Crippen molar-refractivity contribution in [2.45, 2.75) is 5.41 Å². The van der Waals surface area contributed by atoms with Gasteiger partial charge in [-0.15, -0.1) is 0 Å². The number of hydrogen-bond acceptors (Lipinski definition) is 3. The number of anilines is 1. The van der Waals surface area contributed by atoms with Crippen LogP contribution in [0.3, 0.4) is 0 Å². The summed E-state index contributed by atoms with van der Waals surface area (Å²) in [6, 6.07) is 8.97. The molecule has 0 saturated carbocycles. The van der Waals surface area contributed by atoms with E-state index in [4.69, 9.17) is 4.74 Å². The van der Waals surface area contributed by atoms with Gasteiger partial charge in [0.2, 0.25) is 0 Å². The highest BCUT2D eigenvalue weighted by atomic mass is 16.5. The second-order valence-corrected chi connectivity index (χ2v) is 5.45. The number of nitrogens with zero attached hydrogens (tertiary/aromatic N) is 1. The summed E-state index contributed by atoms with van der Waals surface area (Å²) >= 11 is 0. The van der Waals surface area contributed by atoms with E-state index in [1.165, 1.54) is 11.3 Å². The van der Waals surface area contributed by atoms with Gasteiger partial charge in [-0.05, 0) is 23.6 Å². The van der Waals surface area contributed by atoms with Gasteiger partial charge in [-0.1, -0.05) is 12.1 Å². The van der Waals surface area contributed by atoms with Crippen molar-refractivity contribution in [3.05, 3.63) is 29.8 Å². The smallest absolute Gasteiger partial charge is 0.0589 e. The van der Waals surface area contributed by atoms with Crippen LogP contribution >= 0.6 is 0 Å². The normalized spacial score (nSPS) is 22.7. The third kappa shape index (κ3) is 1.65. The van der Waals surface area contributed by atoms with E-state index in [2.05, 4.69) is 48.6 Å². The second kappa shape index (κ2) is 4.00. The zero-order chi connectivity index (χ0) is 11.9. The zero-order valence-corrected chi connectivity index (χ0v) is 10.6. The minimum absolute atomic E-state index is 0.288. The molecule has 0 aliphatic carbocycles. The van der Waals surface area contributed by atoms with Crippen LogP contribution in [0.4, 0.5) is 5.69 Å². The first-order chi connectivity index (χ1) is 8.22. The lowest BCUT2D eigenvalue weighted by Gasteiger charge is -2.51. The van der Waals surface area contributed by atoms with Gasteiger partial charge < -0.3 is 15.0 Å². The van der Waals surface area contributed by atoms with Gasteiger partial charge in [0.05, 0.1) is 13.2 Å². The molecule has 0 bridgehead atoms. The summed E-state index contributed by atoms with van der Waals surface area (Å²) in [5, 5.41) is 3.37. The maximum absolute atomic E-state index is 5.49. The van der Waals surface area contributed by atoms with Crippen molar-refractivity contribution in [2.75, 3.05) is 45.3 Å². The van der Waals surface area contributed by atoms with Gasteiger partial charge >= 0.3 is 0 Å². The fraction of sp³-hybridized carbons (Fsp3) is 0.571. The van der Waals surface area contributed by atoms with E-state index in [-0.39, 0.29) is 5.41 Å². The van der Waals surface area contributed by atoms with E-state index < -0.39 is 0 Å². The number of ether oxygens (including phenoxy) is 1. The fourth-order valence-electron chi connectivity index (χ4n) is 2.73. The van der Waals surface area contributed by atoms with Gasteiger partial charge in [0.15, 0.2) is 0 Å². The lowest BCUT2D eigenvalue weighted by atomic mass is 9.66. The van der Waals surface area contributed by atoms with Gasteiger partial charge in [-0.2, -0.15) is 0 Å². The molecule has 0 radical (unpaired) electrons. The molecule has 0 spiro atoms. The largest absolute Gasteiger partial charge is 0.379 e. The summed E-state index contributed by atoms with van der Waals surface area (Å²) in [5.41, 5.74) is 2.99. The molecule has 1 aromatic carbocycles. The molecular formula is C14H20N2O. The quantitative estimate of drug-likeness (QED) is 0.848. The van der Waals surface area contributed by atoms with Crippen LogP contribution in [0.2, 0.25) is 0 Å². The average molecular weight is 232 g/mol. The maximum Gasteiger partial charge on any atom is 0.0589 e. The molecule has 1 aromatic rings. The molecule has 3 rings (SSSR count). The maximum atomic E-state index is 5.49. The Labute approximate surface area is 103 Å². The Morgan fingerprint density at radius 1 is 1.18 bits per heavy atom. The topological polar surface area (TPSA) is 24.5 Å². The summed E-state index contributed by atoms with van der Waals surface area (Å²) in [4.78, 5) is 2.14. The van der Waals surface area contributed by atoms with Crippen LogP contribution in [0.15, 0.2) is 24.3 Å². The Morgan fingerprint density at radius 3 is 2.18 bits per heavy atom. The number of rotatable bonds is 3. The summed E-state index contributed by atoms with van der Waals surface area (Å²) in [5.74, 6) is 0.751. The molecule has 2 saturated heterocycles. The van der Waals surface area contributed by atoms with Crippen molar-refractivity contribution in [1.29, 1.82) is 0 Å². The van der Waals surface area contributed by atoms with Gasteiger partial charge in [0, 0.05) is 38.3 Å². The Hall–Kier alpha value is -1.06. The van der Waals surface area contributed by atoms with E-state index in [9.17, 15) is 0 Å². The minimum atomic E-state index is 0.288. The van der Waals surface area contributed by atoms with Crippen LogP contribution in [-0.2, 0) is 10.2 Å². The highest BCUT2D eigenvalue weighted by Crippen LogP contribution is 2.41. The average Bonchev–Trinajstić information content (AvgIpc) is 2.20. The molecule has 3 nitrogen and oxygen atoms in total. The molecule has 2 aliphatic rings. The third-order valence-corrected chi connectivity index (χ3v) is 4.24.